The third-order valence-corrected chi connectivity index (χ3v) is 6.41. The molecule has 0 aromatic heterocycles. The average molecular weight is 677 g/mol. The van der Waals surface area contributed by atoms with Gasteiger partial charge in [0.1, 0.15) is 12.4 Å². The molecule has 10 nitrogen and oxygen atoms in total. The van der Waals surface area contributed by atoms with Crippen molar-refractivity contribution >= 4 is 58.0 Å². The largest absolute Gasteiger partial charge is 0.490 e. The van der Waals surface area contributed by atoms with Crippen molar-refractivity contribution < 1.29 is 28.5 Å². The number of rotatable bonds is 12. The highest BCUT2D eigenvalue weighted by Crippen LogP contribution is 2.35. The van der Waals surface area contributed by atoms with Gasteiger partial charge in [-0.15, -0.1) is 6.42 Å². The normalized spacial score (nSPS) is 14.6. The molecule has 0 fully saturated rings. The van der Waals surface area contributed by atoms with Gasteiger partial charge in [0.2, 0.25) is 0 Å². The summed E-state index contributed by atoms with van der Waals surface area (Å²) in [5.41, 5.74) is 4.71. The molecule has 2 aromatic rings. The number of hydrazone groups is 1. The number of esters is 1. The van der Waals surface area contributed by atoms with Gasteiger partial charge in [-0.2, -0.15) is 5.10 Å². The monoisotopic (exact) mass is 676 g/mol. The van der Waals surface area contributed by atoms with Crippen molar-refractivity contribution in [2.75, 3.05) is 26.4 Å². The van der Waals surface area contributed by atoms with E-state index in [-0.39, 0.29) is 19.8 Å². The zero-order valence-electron chi connectivity index (χ0n) is 22.2. The van der Waals surface area contributed by atoms with Crippen molar-refractivity contribution in [1.29, 1.82) is 0 Å². The Morgan fingerprint density at radius 2 is 1.95 bits per heavy atom. The predicted molar refractivity (Wildman–Crippen MR) is 163 cm³/mol. The second-order valence-electron chi connectivity index (χ2n) is 8.17. The SMILES string of the molecule is C#CCOc1c(I)cc(C=NNC(=O)COc2ccccc2[C@H]2NC(=S)NC(C)=C2C(=O)OCC)cc1OCC. The molecule has 1 amide bonds. The minimum Gasteiger partial charge on any atom is -0.490 e. The van der Waals surface area contributed by atoms with Crippen LogP contribution in [0.25, 0.3) is 0 Å². The van der Waals surface area contributed by atoms with Crippen molar-refractivity contribution in [2.24, 2.45) is 5.10 Å². The highest BCUT2D eigenvalue weighted by atomic mass is 127. The van der Waals surface area contributed by atoms with E-state index in [9.17, 15) is 9.59 Å². The summed E-state index contributed by atoms with van der Waals surface area (Å²) < 4.78 is 23.1. The van der Waals surface area contributed by atoms with Crippen molar-refractivity contribution in [3.05, 3.63) is 62.4 Å². The van der Waals surface area contributed by atoms with Crippen LogP contribution in [0.5, 0.6) is 17.2 Å². The van der Waals surface area contributed by atoms with Gasteiger partial charge in [0.25, 0.3) is 5.91 Å². The van der Waals surface area contributed by atoms with Gasteiger partial charge in [0.15, 0.2) is 23.2 Å². The van der Waals surface area contributed by atoms with Crippen molar-refractivity contribution in [2.45, 2.75) is 26.8 Å². The Bertz CT molecular complexity index is 1370. The summed E-state index contributed by atoms with van der Waals surface area (Å²) >= 11 is 7.42. The Balaban J connectivity index is 1.70. The summed E-state index contributed by atoms with van der Waals surface area (Å²) in [4.78, 5) is 25.2. The van der Waals surface area contributed by atoms with Crippen molar-refractivity contribution in [3.8, 4) is 29.6 Å². The number of ether oxygens (including phenoxy) is 4. The molecule has 0 aliphatic carbocycles. The van der Waals surface area contributed by atoms with E-state index in [0.29, 0.717) is 51.4 Å². The van der Waals surface area contributed by atoms with E-state index in [1.807, 2.05) is 13.0 Å². The minimum atomic E-state index is -0.625. The molecule has 3 rings (SSSR count). The van der Waals surface area contributed by atoms with E-state index in [1.54, 1.807) is 44.2 Å². The van der Waals surface area contributed by atoms with Crippen LogP contribution in [0.3, 0.4) is 0 Å². The molecule has 40 heavy (non-hydrogen) atoms. The van der Waals surface area contributed by atoms with Crippen molar-refractivity contribution in [3.63, 3.8) is 0 Å². The molecular weight excluding hydrogens is 647 g/mol. The van der Waals surface area contributed by atoms with Crippen LogP contribution in [0.15, 0.2) is 52.8 Å². The van der Waals surface area contributed by atoms with Crippen LogP contribution < -0.4 is 30.3 Å². The number of nitrogens with zero attached hydrogens (tertiary/aromatic N) is 1. The summed E-state index contributed by atoms with van der Waals surface area (Å²) in [6.45, 7) is 5.80. The van der Waals surface area contributed by atoms with Crippen LogP contribution in [-0.4, -0.2) is 49.6 Å². The Hall–Kier alpha value is -3.83. The third kappa shape index (κ3) is 8.09. The molecule has 0 saturated carbocycles. The molecule has 12 heteroatoms. The summed E-state index contributed by atoms with van der Waals surface area (Å²) in [5, 5.41) is 10.4. The Labute approximate surface area is 252 Å². The maximum absolute atomic E-state index is 12.7. The number of hydrogen-bond donors (Lipinski definition) is 3. The number of hydrogen-bond acceptors (Lipinski definition) is 8. The van der Waals surface area contributed by atoms with Gasteiger partial charge in [-0.1, -0.05) is 24.1 Å². The van der Waals surface area contributed by atoms with E-state index < -0.39 is 17.9 Å². The molecule has 2 aromatic carbocycles. The molecule has 3 N–H and O–H groups in total. The molecule has 210 valence electrons. The fourth-order valence-corrected chi connectivity index (χ4v) is 4.84. The number of benzene rings is 2. The fraction of sp³-hybridized carbons (Fsp3) is 0.286. The highest BCUT2D eigenvalue weighted by molar-refractivity contribution is 14.1. The van der Waals surface area contributed by atoms with Gasteiger partial charge in [-0.3, -0.25) is 4.79 Å². The topological polar surface area (TPSA) is 120 Å². The number of allylic oxidation sites excluding steroid dienone is 1. The smallest absolute Gasteiger partial charge is 0.338 e. The fourth-order valence-electron chi connectivity index (χ4n) is 3.79. The second-order valence-corrected chi connectivity index (χ2v) is 9.74. The van der Waals surface area contributed by atoms with E-state index in [2.05, 4.69) is 49.7 Å². The average Bonchev–Trinajstić information content (AvgIpc) is 2.91. The first-order valence-corrected chi connectivity index (χ1v) is 13.8. The van der Waals surface area contributed by atoms with Gasteiger partial charge >= 0.3 is 5.97 Å². The minimum absolute atomic E-state index is 0.114. The maximum Gasteiger partial charge on any atom is 0.338 e. The van der Waals surface area contributed by atoms with Gasteiger partial charge < -0.3 is 29.6 Å². The number of carbonyl (C=O) groups is 2. The predicted octanol–water partition coefficient (Wildman–Crippen LogP) is 3.59. The van der Waals surface area contributed by atoms with E-state index in [4.69, 9.17) is 37.6 Å². The lowest BCUT2D eigenvalue weighted by Crippen LogP contribution is -2.45. The number of terminal acetylenes is 1. The number of para-hydroxylation sites is 1. The first-order chi connectivity index (χ1) is 19.3. The molecule has 0 spiro atoms. The van der Waals surface area contributed by atoms with Gasteiger partial charge in [-0.05, 0) is 79.3 Å². The number of thiocarbonyl (C=S) groups is 1. The maximum atomic E-state index is 12.7. The highest BCUT2D eigenvalue weighted by Gasteiger charge is 2.32. The third-order valence-electron chi connectivity index (χ3n) is 5.39. The molecule has 0 bridgehead atoms. The zero-order chi connectivity index (χ0) is 29.1. The molecule has 0 radical (unpaired) electrons. The molecule has 1 aliphatic rings. The van der Waals surface area contributed by atoms with Gasteiger partial charge in [-0.25, -0.2) is 10.2 Å². The Morgan fingerprint density at radius 1 is 1.18 bits per heavy atom. The van der Waals surface area contributed by atoms with E-state index in [0.717, 1.165) is 3.57 Å². The molecule has 1 heterocycles. The first-order valence-electron chi connectivity index (χ1n) is 12.3. The van der Waals surface area contributed by atoms with Crippen molar-refractivity contribution in [1.82, 2.24) is 16.1 Å². The van der Waals surface area contributed by atoms with Crippen LogP contribution in [0.4, 0.5) is 0 Å². The van der Waals surface area contributed by atoms with Crippen LogP contribution in [0.2, 0.25) is 0 Å². The summed E-state index contributed by atoms with van der Waals surface area (Å²) in [5.74, 6) is 2.95. The molecule has 1 atom stereocenters. The second kappa shape index (κ2) is 15.1. The molecule has 1 aliphatic heterocycles. The number of carbonyl (C=O) groups excluding carboxylic acids is 2. The molecule has 0 saturated heterocycles. The van der Waals surface area contributed by atoms with Gasteiger partial charge in [0.05, 0.1) is 34.6 Å². The summed E-state index contributed by atoms with van der Waals surface area (Å²) in [7, 11) is 0. The van der Waals surface area contributed by atoms with Gasteiger partial charge in [0, 0.05) is 11.3 Å². The molecular formula is C28H29IN4O6S. The molecule has 0 unspecified atom stereocenters. The lowest BCUT2D eigenvalue weighted by atomic mass is 9.95. The first kappa shape index (κ1) is 30.7. The standard InChI is InChI=1S/C28H29IN4O6S/c1-5-12-38-26-20(29)13-18(14-22(26)36-6-2)15-30-33-23(34)16-39-21-11-9-8-10-19(21)25-24(27(35)37-7-3)17(4)31-28(40)32-25/h1,8-11,13-15,25H,6-7,12,16H2,2-4H3,(H,33,34)(H2,31,32,40)/t25-/m1/s1. The van der Waals surface area contributed by atoms with Crippen LogP contribution in [-0.2, 0) is 14.3 Å². The van der Waals surface area contributed by atoms with E-state index in [1.165, 1.54) is 6.21 Å². The lowest BCUT2D eigenvalue weighted by Gasteiger charge is -2.30. The zero-order valence-corrected chi connectivity index (χ0v) is 25.2. The number of amides is 1. The lowest BCUT2D eigenvalue weighted by molar-refractivity contribution is -0.139. The number of nitrogens with one attached hydrogen (secondary N) is 3. The number of halogens is 1. The Kier molecular flexibility index (Phi) is 11.6. The quantitative estimate of drug-likeness (QED) is 0.0775. The van der Waals surface area contributed by atoms with E-state index >= 15 is 0 Å². The summed E-state index contributed by atoms with van der Waals surface area (Å²) in [6.07, 6.45) is 6.79. The Morgan fingerprint density at radius 3 is 2.67 bits per heavy atom. The van der Waals surface area contributed by atoms with Crippen LogP contribution >= 0.6 is 34.8 Å². The summed E-state index contributed by atoms with van der Waals surface area (Å²) in [6, 6.07) is 10.0. The van der Waals surface area contributed by atoms with Crippen LogP contribution in [0.1, 0.15) is 37.9 Å². The van der Waals surface area contributed by atoms with Crippen LogP contribution in [0, 0.1) is 15.9 Å².